The molecule has 13 nitrogen and oxygen atoms in total. The Hall–Kier alpha value is 0.770. The van der Waals surface area contributed by atoms with Crippen LogP contribution >= 0.6 is 47.8 Å². The molecule has 5 aromatic heterocycles. The molecule has 0 unspecified atom stereocenters. The van der Waals surface area contributed by atoms with Gasteiger partial charge in [-0.1, -0.05) is 66.5 Å². The van der Waals surface area contributed by atoms with Crippen LogP contribution in [0.3, 0.4) is 0 Å². The van der Waals surface area contributed by atoms with E-state index >= 15 is 0 Å². The number of rotatable bonds is 27. The molecule has 0 aliphatic carbocycles. The smallest absolute Gasteiger partial charge is 1.00 e. The van der Waals surface area contributed by atoms with Crippen LogP contribution in [0.15, 0.2) is 93.6 Å². The van der Waals surface area contributed by atoms with Crippen molar-refractivity contribution >= 4 is 47.8 Å². The van der Waals surface area contributed by atoms with Crippen molar-refractivity contribution in [2.75, 3.05) is 99.1 Å². The van der Waals surface area contributed by atoms with Gasteiger partial charge < -0.3 is 117 Å². The number of alkyl halides is 3. The topological polar surface area (TPSA) is 80.2 Å². The van der Waals surface area contributed by atoms with Gasteiger partial charge in [0.2, 0.25) is 12.7 Å². The normalized spacial score (nSPS) is 10.4. The molecule has 0 bridgehead atoms. The third kappa shape index (κ3) is 53.6. The predicted molar refractivity (Wildman–Crippen MR) is 277 cm³/mol. The monoisotopic (exact) mass is 1500 g/mol. The summed E-state index contributed by atoms with van der Waals surface area (Å²) in [5.41, 5.74) is 0. The van der Waals surface area contributed by atoms with Crippen LogP contribution in [0, 0.1) is 0 Å². The summed E-state index contributed by atoms with van der Waals surface area (Å²) in [7, 11) is 20.4. The fraction of sp³-hybridized carbons (Fsp3) is 0.688. The van der Waals surface area contributed by atoms with Crippen LogP contribution < -0.4 is 129 Å². The van der Waals surface area contributed by atoms with E-state index in [1.807, 2.05) is 25.0 Å². The maximum absolute atomic E-state index is 3.98. The van der Waals surface area contributed by atoms with E-state index in [4.69, 9.17) is 0 Å². The number of aromatic nitrogens is 10. The molecule has 0 aliphatic heterocycles. The van der Waals surface area contributed by atoms with E-state index in [0.29, 0.717) is 0 Å². The van der Waals surface area contributed by atoms with Crippen LogP contribution in [0.2, 0.25) is 0 Å². The first kappa shape index (κ1) is 82.1. The molecule has 70 heavy (non-hydrogen) atoms. The second-order valence-electron chi connectivity index (χ2n) is 19.4. The largest absolute Gasteiger partial charge is 1.00 e. The van der Waals surface area contributed by atoms with Crippen molar-refractivity contribution in [1.82, 2.24) is 38.2 Å². The van der Waals surface area contributed by atoms with E-state index < -0.39 is 0 Å². The Morgan fingerprint density at radius 3 is 1.10 bits per heavy atom. The van der Waals surface area contributed by atoms with Crippen molar-refractivity contribution < 1.29 is 137 Å². The van der Waals surface area contributed by atoms with Crippen molar-refractivity contribution in [2.24, 2.45) is 0 Å². The van der Waals surface area contributed by atoms with E-state index in [1.54, 1.807) is 24.8 Å². The molecule has 0 aromatic carbocycles. The number of aryl methyl sites for hydroxylation is 6. The van der Waals surface area contributed by atoms with Gasteiger partial charge in [-0.2, -0.15) is 0 Å². The third-order valence-corrected chi connectivity index (χ3v) is 11.6. The summed E-state index contributed by atoms with van der Waals surface area (Å²) < 4.78 is 16.7. The summed E-state index contributed by atoms with van der Waals surface area (Å²) in [5.74, 6) is 0. The Kier molecular flexibility index (Phi) is 60.8. The van der Waals surface area contributed by atoms with Gasteiger partial charge in [-0.25, -0.2) is 28.2 Å². The molecule has 0 N–H and O–H groups in total. The minimum absolute atomic E-state index is 0. The summed E-state index contributed by atoms with van der Waals surface area (Å²) in [6.07, 6.45) is 44.8. The molecule has 0 saturated heterocycles. The minimum Gasteiger partial charge on any atom is -1.00 e. The fourth-order valence-electron chi connectivity index (χ4n) is 6.33. The first-order valence-corrected chi connectivity index (χ1v) is 26.9. The molecule has 0 radical (unpaired) electrons. The molecule has 0 atom stereocenters. The van der Waals surface area contributed by atoms with Gasteiger partial charge in [-0.05, 0) is 70.6 Å². The molecule has 0 amide bonds. The van der Waals surface area contributed by atoms with Crippen molar-refractivity contribution in [3.63, 3.8) is 0 Å². The Morgan fingerprint density at radius 1 is 0.429 bits per heavy atom. The zero-order valence-corrected chi connectivity index (χ0v) is 59.2. The van der Waals surface area contributed by atoms with Gasteiger partial charge in [0.15, 0.2) is 0 Å². The SMILES string of the molecule is BrCCCBr.C[N+](C)(C)CCCCCBr.C[N+](C)(C)CCCCCn1cc[n+](CCC[n+]2ccn(CCCCC[N+](C)(C)C)c2)c1.[Br-].[Br-].[Br-].[Br-].[Br-].[Na+].c1c[n-]cn1.c1cn(CCCn2ccnc2)cn1. The molecule has 0 spiro atoms. The second kappa shape index (κ2) is 51.9. The third-order valence-electron chi connectivity index (χ3n) is 9.87. The van der Waals surface area contributed by atoms with Crippen molar-refractivity contribution in [2.45, 2.75) is 116 Å². The van der Waals surface area contributed by atoms with Crippen LogP contribution in [-0.2, 0) is 39.3 Å². The maximum atomic E-state index is 3.98. The van der Waals surface area contributed by atoms with Crippen LogP contribution in [0.25, 0.3) is 0 Å². The molecule has 0 aliphatic rings. The second-order valence-corrected chi connectivity index (χ2v) is 21.8. The zero-order valence-electron chi connectivity index (χ0n) is 44.5. The predicted octanol–water partition coefficient (Wildman–Crippen LogP) is -9.64. The summed E-state index contributed by atoms with van der Waals surface area (Å²) in [5, 5.41) is 3.38. The van der Waals surface area contributed by atoms with Crippen molar-refractivity contribution in [1.29, 1.82) is 0 Å². The Morgan fingerprint density at radius 2 is 0.814 bits per heavy atom. The first-order valence-electron chi connectivity index (χ1n) is 23.5. The van der Waals surface area contributed by atoms with E-state index in [9.17, 15) is 0 Å². The molecular weight excluding hydrogens is 1420 g/mol. The van der Waals surface area contributed by atoms with Gasteiger partial charge in [0.25, 0.3) is 0 Å². The average molecular weight is 1510 g/mol. The fourth-order valence-corrected chi connectivity index (χ4v) is 8.04. The summed E-state index contributed by atoms with van der Waals surface area (Å²) in [6, 6.07) is 0. The van der Waals surface area contributed by atoms with Gasteiger partial charge in [0.05, 0.1) is 122 Å². The van der Waals surface area contributed by atoms with Gasteiger partial charge in [-0.3, -0.25) is 0 Å². The van der Waals surface area contributed by atoms with Gasteiger partial charge in [-0.15, -0.1) is 0 Å². The Bertz CT molecular complexity index is 1590. The van der Waals surface area contributed by atoms with Crippen molar-refractivity contribution in [3.8, 4) is 0 Å². The van der Waals surface area contributed by atoms with Gasteiger partial charge in [0.1, 0.15) is 24.8 Å². The Labute approximate surface area is 526 Å². The standard InChI is InChI=1S/C25H50N6.C9H12N4.C8H19BrN.C3H6Br2.C3H3N2.5BrH.Na/c1-30(2,3)22-11-7-9-14-26-18-20-28(24-26)16-13-17-29-21-19-27(25-29)15-10-8-12-23-31(4,5)6;1(4-12-6-2-10-8-12)5-13-7-3-11-9-13;1-10(2,3)8-6-4-5-7-9;4-2-1-3-5;1-2-5-3-4-1;;;;;;/h18-21,24-25H,7-17,22-23H2,1-6H3;2-3,6-9H,1,4-5H2;4-8H2,1-3H3;1-3H2;1-3H;5*1H;/q+4;;+1;;-1;;;;;;+1/p-5. The molecule has 5 aromatic rings. The van der Waals surface area contributed by atoms with Crippen LogP contribution in [-0.4, -0.2) is 146 Å². The van der Waals surface area contributed by atoms with E-state index in [1.165, 1.54) is 90.2 Å². The number of imidazole rings is 5. The average Bonchev–Trinajstić information content (AvgIpc) is 4.09. The molecule has 22 heteroatoms. The van der Waals surface area contributed by atoms with Gasteiger partial charge in [0, 0.05) is 60.3 Å². The molecule has 0 fully saturated rings. The summed E-state index contributed by atoms with van der Waals surface area (Å²) in [6.45, 7) is 10.3. The molecule has 404 valence electrons. The number of halogens is 8. The first-order chi connectivity index (χ1) is 30.5. The van der Waals surface area contributed by atoms with Crippen molar-refractivity contribution in [3.05, 3.63) is 93.6 Å². The number of hydrogen-bond acceptors (Lipinski definition) is 3. The van der Waals surface area contributed by atoms with E-state index in [0.717, 1.165) is 81.5 Å². The zero-order chi connectivity index (χ0) is 47.4. The van der Waals surface area contributed by atoms with Gasteiger partial charge >= 0.3 is 29.6 Å². The summed E-state index contributed by atoms with van der Waals surface area (Å²) >= 11 is 9.98. The molecule has 0 saturated carbocycles. The number of unbranched alkanes of at least 4 members (excludes halogenated alkanes) is 6. The molecule has 5 rings (SSSR count). The van der Waals surface area contributed by atoms with E-state index in [-0.39, 0.29) is 114 Å². The Balaban J connectivity index is -0.000000217. The maximum Gasteiger partial charge on any atom is 1.00 e. The van der Waals surface area contributed by atoms with Crippen LogP contribution in [0.4, 0.5) is 0 Å². The van der Waals surface area contributed by atoms with E-state index in [2.05, 4.69) is 196 Å². The molecule has 5 heterocycles. The minimum atomic E-state index is 0. The molecular formula is C48H90Br8N13Na. The number of quaternary nitrogens is 3. The van der Waals surface area contributed by atoms with Crippen LogP contribution in [0.1, 0.15) is 77.0 Å². The van der Waals surface area contributed by atoms with Crippen LogP contribution in [0.5, 0.6) is 0 Å². The summed E-state index contributed by atoms with van der Waals surface area (Å²) in [4.78, 5) is 15.2. The number of nitrogens with zero attached hydrogens (tertiary/aromatic N) is 13. The quantitative estimate of drug-likeness (QED) is 0.0172. The number of hydrogen-bond donors (Lipinski definition) is 0.